The van der Waals surface area contributed by atoms with Crippen molar-refractivity contribution in [3.05, 3.63) is 47.3 Å². The molecule has 28 heavy (non-hydrogen) atoms. The summed E-state index contributed by atoms with van der Waals surface area (Å²) < 4.78 is 9.26. The van der Waals surface area contributed by atoms with Gasteiger partial charge < -0.3 is 9.64 Å². The van der Waals surface area contributed by atoms with E-state index < -0.39 is 0 Å². The molecule has 1 fully saturated rings. The number of hydrogen-bond acceptors (Lipinski definition) is 7. The van der Waals surface area contributed by atoms with Gasteiger partial charge in [0.25, 0.3) is 0 Å². The maximum Gasteiger partial charge on any atom is 0.227 e. The molecule has 0 N–H and O–H groups in total. The summed E-state index contributed by atoms with van der Waals surface area (Å²) in [5.41, 5.74) is 3.16. The fourth-order valence-corrected chi connectivity index (χ4v) is 4.15. The van der Waals surface area contributed by atoms with Gasteiger partial charge in [0.2, 0.25) is 5.95 Å². The minimum Gasteiger partial charge on any atom is -0.378 e. The second kappa shape index (κ2) is 8.04. The van der Waals surface area contributed by atoms with Gasteiger partial charge >= 0.3 is 0 Å². The lowest BCUT2D eigenvalue weighted by molar-refractivity contribution is 0.121. The predicted molar refractivity (Wildman–Crippen MR) is 107 cm³/mol. The van der Waals surface area contributed by atoms with Crippen LogP contribution in [0.5, 0.6) is 0 Å². The maximum atomic E-state index is 9.62. The zero-order valence-electron chi connectivity index (χ0n) is 15.9. The first-order valence-electron chi connectivity index (χ1n) is 9.08. The van der Waals surface area contributed by atoms with Crippen molar-refractivity contribution in [1.82, 2.24) is 24.5 Å². The van der Waals surface area contributed by atoms with Crippen molar-refractivity contribution in [2.75, 3.05) is 31.2 Å². The van der Waals surface area contributed by atoms with Gasteiger partial charge in [-0.3, -0.25) is 4.57 Å². The topological polar surface area (TPSA) is 84.8 Å². The molecule has 2 aromatic heterocycles. The molecule has 1 aliphatic rings. The second-order valence-electron chi connectivity index (χ2n) is 6.50. The zero-order valence-corrected chi connectivity index (χ0v) is 16.7. The molecule has 0 radical (unpaired) electrons. The molecule has 1 aromatic carbocycles. The molecule has 144 valence electrons. The quantitative estimate of drug-likeness (QED) is 0.613. The molecule has 0 bridgehead atoms. The van der Waals surface area contributed by atoms with Crippen LogP contribution in [0.25, 0.3) is 5.69 Å². The van der Waals surface area contributed by atoms with Crippen LogP contribution in [0.15, 0.2) is 35.5 Å². The van der Waals surface area contributed by atoms with Gasteiger partial charge in [-0.25, -0.2) is 4.68 Å². The molecule has 0 spiro atoms. The average Bonchev–Trinajstić information content (AvgIpc) is 3.26. The van der Waals surface area contributed by atoms with Crippen LogP contribution < -0.4 is 4.90 Å². The number of rotatable bonds is 5. The van der Waals surface area contributed by atoms with Crippen LogP contribution in [0.4, 0.5) is 5.95 Å². The number of benzene rings is 1. The predicted octanol–water partition coefficient (Wildman–Crippen LogP) is 2.31. The van der Waals surface area contributed by atoms with E-state index in [1.807, 2.05) is 53.6 Å². The summed E-state index contributed by atoms with van der Waals surface area (Å²) in [6, 6.07) is 12.2. The summed E-state index contributed by atoms with van der Waals surface area (Å²) in [6.07, 6.45) is 0. The van der Waals surface area contributed by atoms with E-state index in [0.29, 0.717) is 24.5 Å². The van der Waals surface area contributed by atoms with E-state index in [4.69, 9.17) is 4.74 Å². The van der Waals surface area contributed by atoms with Crippen molar-refractivity contribution in [1.29, 1.82) is 5.26 Å². The van der Waals surface area contributed by atoms with Gasteiger partial charge in [0.05, 0.1) is 35.9 Å². The van der Waals surface area contributed by atoms with Crippen LogP contribution in [0.3, 0.4) is 0 Å². The molecule has 0 saturated carbocycles. The number of nitriles is 1. The monoisotopic (exact) mass is 395 g/mol. The van der Waals surface area contributed by atoms with Crippen LogP contribution in [-0.4, -0.2) is 50.8 Å². The van der Waals surface area contributed by atoms with Crippen LogP contribution in [-0.2, 0) is 17.5 Å². The average molecular weight is 395 g/mol. The lowest BCUT2D eigenvalue weighted by Crippen LogP contribution is -2.37. The number of thioether (sulfide) groups is 1. The lowest BCUT2D eigenvalue weighted by Gasteiger charge is -2.27. The highest BCUT2D eigenvalue weighted by Gasteiger charge is 2.21. The van der Waals surface area contributed by atoms with Crippen molar-refractivity contribution < 1.29 is 4.74 Å². The summed E-state index contributed by atoms with van der Waals surface area (Å²) in [5.74, 6) is 1.42. The van der Waals surface area contributed by atoms with E-state index in [1.165, 1.54) is 0 Å². The first-order chi connectivity index (χ1) is 13.7. The van der Waals surface area contributed by atoms with Crippen molar-refractivity contribution in [3.8, 4) is 11.8 Å². The SMILES string of the molecule is Cc1nn(-c2ccccc2)c(CSc2nnc(N3CCOCC3)n2C)c1C#N. The highest BCUT2D eigenvalue weighted by molar-refractivity contribution is 7.98. The zero-order chi connectivity index (χ0) is 19.5. The van der Waals surface area contributed by atoms with Crippen molar-refractivity contribution >= 4 is 17.7 Å². The molecule has 0 aliphatic carbocycles. The van der Waals surface area contributed by atoms with Crippen molar-refractivity contribution in [2.45, 2.75) is 17.8 Å². The Balaban J connectivity index is 1.59. The third-order valence-corrected chi connectivity index (χ3v) is 5.74. The largest absolute Gasteiger partial charge is 0.378 e. The summed E-state index contributed by atoms with van der Waals surface area (Å²) >= 11 is 1.56. The van der Waals surface area contributed by atoms with E-state index in [-0.39, 0.29) is 0 Å². The van der Waals surface area contributed by atoms with Crippen molar-refractivity contribution in [2.24, 2.45) is 7.05 Å². The summed E-state index contributed by atoms with van der Waals surface area (Å²) in [5, 5.41) is 23.7. The molecule has 0 amide bonds. The Bertz CT molecular complexity index is 999. The normalized spacial score (nSPS) is 14.2. The van der Waals surface area contributed by atoms with E-state index in [1.54, 1.807) is 11.8 Å². The molecule has 1 saturated heterocycles. The Morgan fingerprint density at radius 2 is 1.93 bits per heavy atom. The number of nitrogens with zero attached hydrogens (tertiary/aromatic N) is 7. The molecular weight excluding hydrogens is 374 g/mol. The molecule has 0 atom stereocenters. The van der Waals surface area contributed by atoms with E-state index >= 15 is 0 Å². The standard InChI is InChI=1S/C19H21N7OS/c1-14-16(12-20)17(26(23-14)15-6-4-3-5-7-15)13-28-19-22-21-18(24(19)2)25-8-10-27-11-9-25/h3-7H,8-11,13H2,1-2H3. The number of ether oxygens (including phenoxy) is 1. The second-order valence-corrected chi connectivity index (χ2v) is 7.44. The first kappa shape index (κ1) is 18.5. The number of hydrogen-bond donors (Lipinski definition) is 0. The van der Waals surface area contributed by atoms with Crippen LogP contribution in [0, 0.1) is 18.3 Å². The number of anilines is 1. The molecule has 1 aliphatic heterocycles. The molecule has 0 unspecified atom stereocenters. The van der Waals surface area contributed by atoms with Gasteiger partial charge in [0, 0.05) is 25.9 Å². The van der Waals surface area contributed by atoms with Crippen LogP contribution in [0.2, 0.25) is 0 Å². The Hall–Kier alpha value is -2.83. The smallest absolute Gasteiger partial charge is 0.227 e. The Morgan fingerprint density at radius 1 is 1.18 bits per heavy atom. The molecule has 4 rings (SSSR count). The molecular formula is C19H21N7OS. The van der Waals surface area contributed by atoms with Gasteiger partial charge in [0.1, 0.15) is 6.07 Å². The first-order valence-corrected chi connectivity index (χ1v) is 10.1. The lowest BCUT2D eigenvalue weighted by atomic mass is 10.2. The number of aryl methyl sites for hydroxylation is 1. The Labute approximate surface area is 167 Å². The van der Waals surface area contributed by atoms with Gasteiger partial charge in [-0.05, 0) is 19.1 Å². The van der Waals surface area contributed by atoms with Gasteiger partial charge in [-0.1, -0.05) is 30.0 Å². The fourth-order valence-electron chi connectivity index (χ4n) is 3.24. The van der Waals surface area contributed by atoms with Crippen molar-refractivity contribution in [3.63, 3.8) is 0 Å². The summed E-state index contributed by atoms with van der Waals surface area (Å²) in [4.78, 5) is 2.18. The Morgan fingerprint density at radius 3 is 2.64 bits per heavy atom. The summed E-state index contributed by atoms with van der Waals surface area (Å²) in [6.45, 7) is 4.90. The van der Waals surface area contributed by atoms with E-state index in [9.17, 15) is 5.26 Å². The third-order valence-electron chi connectivity index (χ3n) is 4.71. The summed E-state index contributed by atoms with van der Waals surface area (Å²) in [7, 11) is 1.97. The van der Waals surface area contributed by atoms with E-state index in [2.05, 4.69) is 26.3 Å². The molecule has 9 heteroatoms. The third kappa shape index (κ3) is 3.48. The number of aromatic nitrogens is 5. The highest BCUT2D eigenvalue weighted by Crippen LogP contribution is 2.28. The van der Waals surface area contributed by atoms with Gasteiger partial charge in [-0.2, -0.15) is 10.4 Å². The van der Waals surface area contributed by atoms with Gasteiger partial charge in [-0.15, -0.1) is 10.2 Å². The number of para-hydroxylation sites is 1. The minimum absolute atomic E-state index is 0.577. The minimum atomic E-state index is 0.577. The maximum absolute atomic E-state index is 9.62. The fraction of sp³-hybridized carbons (Fsp3) is 0.368. The number of morpholine rings is 1. The molecule has 8 nitrogen and oxygen atoms in total. The molecule has 3 heterocycles. The molecule has 3 aromatic rings. The Kier molecular flexibility index (Phi) is 5.32. The van der Waals surface area contributed by atoms with E-state index in [0.717, 1.165) is 41.3 Å². The highest BCUT2D eigenvalue weighted by atomic mass is 32.2. The van der Waals surface area contributed by atoms with Gasteiger partial charge in [0.15, 0.2) is 5.16 Å². The van der Waals surface area contributed by atoms with Crippen LogP contribution in [0.1, 0.15) is 17.0 Å². The van der Waals surface area contributed by atoms with Crippen LogP contribution >= 0.6 is 11.8 Å².